The number of carbonyl (C=O) groups excluding carboxylic acids is 2. The molecule has 0 fully saturated rings. The highest BCUT2D eigenvalue weighted by Gasteiger charge is 2.38. The molecule has 1 aromatic heterocycles. The Kier molecular flexibility index (Phi) is 5.34. The number of rotatable bonds is 5. The summed E-state index contributed by atoms with van der Waals surface area (Å²) in [5.41, 5.74) is 1.24. The minimum Gasteiger partial charge on any atom is -0.465 e. The number of para-hydroxylation sites is 2. The van der Waals surface area contributed by atoms with Gasteiger partial charge in [0.25, 0.3) is 0 Å². The fraction of sp³-hybridized carbons (Fsp3) is 0.211. The van der Waals surface area contributed by atoms with Gasteiger partial charge in [-0.15, -0.1) is 0 Å². The van der Waals surface area contributed by atoms with Crippen LogP contribution >= 0.6 is 0 Å². The Morgan fingerprint density at radius 2 is 1.75 bits per heavy atom. The van der Waals surface area contributed by atoms with E-state index in [1.165, 1.54) is 31.4 Å². The number of imidazole rings is 1. The lowest BCUT2D eigenvalue weighted by Gasteiger charge is -2.11. The molecule has 0 radical (unpaired) electrons. The van der Waals surface area contributed by atoms with Crippen LogP contribution in [0.1, 0.15) is 21.7 Å². The highest BCUT2D eigenvalue weighted by molar-refractivity contribution is 5.89. The van der Waals surface area contributed by atoms with Crippen LogP contribution in [0.4, 0.5) is 13.2 Å². The van der Waals surface area contributed by atoms with Crippen molar-refractivity contribution in [1.29, 1.82) is 0 Å². The number of carbonyl (C=O) groups is 2. The van der Waals surface area contributed by atoms with E-state index in [1.807, 2.05) is 0 Å². The van der Waals surface area contributed by atoms with Gasteiger partial charge in [0, 0.05) is 0 Å². The van der Waals surface area contributed by atoms with E-state index in [4.69, 9.17) is 4.74 Å². The van der Waals surface area contributed by atoms with Crippen molar-refractivity contribution in [1.82, 2.24) is 9.55 Å². The number of halogens is 3. The minimum absolute atomic E-state index is 0.140. The van der Waals surface area contributed by atoms with Gasteiger partial charge < -0.3 is 14.0 Å². The van der Waals surface area contributed by atoms with E-state index in [1.54, 1.807) is 24.3 Å². The molecule has 0 saturated heterocycles. The van der Waals surface area contributed by atoms with Crippen LogP contribution in [-0.2, 0) is 33.6 Å². The molecule has 6 nitrogen and oxygen atoms in total. The predicted octanol–water partition coefficient (Wildman–Crippen LogP) is 3.59. The van der Waals surface area contributed by atoms with Gasteiger partial charge in [-0.2, -0.15) is 13.2 Å². The zero-order valence-electron chi connectivity index (χ0n) is 14.7. The quantitative estimate of drug-likeness (QED) is 0.621. The second-order valence-corrected chi connectivity index (χ2v) is 5.86. The second kappa shape index (κ2) is 7.71. The number of alkyl halides is 3. The summed E-state index contributed by atoms with van der Waals surface area (Å²) in [6, 6.07) is 12.2. The van der Waals surface area contributed by atoms with Gasteiger partial charge in [-0.25, -0.2) is 9.78 Å². The van der Waals surface area contributed by atoms with E-state index >= 15 is 0 Å². The summed E-state index contributed by atoms with van der Waals surface area (Å²) < 4.78 is 50.2. The van der Waals surface area contributed by atoms with Gasteiger partial charge in [0.1, 0.15) is 13.2 Å². The Balaban J connectivity index is 1.72. The predicted molar refractivity (Wildman–Crippen MR) is 92.3 cm³/mol. The SMILES string of the molecule is COC(=O)c1ccc(COC(=O)Cn2c(C(F)(F)F)nc3ccccc32)cc1. The van der Waals surface area contributed by atoms with Crippen LogP contribution in [-0.4, -0.2) is 28.6 Å². The molecule has 9 heteroatoms. The highest BCUT2D eigenvalue weighted by Crippen LogP contribution is 2.31. The van der Waals surface area contributed by atoms with Crippen LogP contribution < -0.4 is 0 Å². The Hall–Kier alpha value is -3.36. The molecule has 0 saturated carbocycles. The van der Waals surface area contributed by atoms with Gasteiger partial charge in [0.15, 0.2) is 0 Å². The monoisotopic (exact) mass is 392 g/mol. The van der Waals surface area contributed by atoms with Crippen molar-refractivity contribution < 1.29 is 32.2 Å². The molecule has 0 aliphatic carbocycles. The van der Waals surface area contributed by atoms with Crippen molar-refractivity contribution >= 4 is 23.0 Å². The van der Waals surface area contributed by atoms with E-state index in [2.05, 4.69) is 9.72 Å². The van der Waals surface area contributed by atoms with E-state index < -0.39 is 30.5 Å². The van der Waals surface area contributed by atoms with Gasteiger partial charge >= 0.3 is 18.1 Å². The topological polar surface area (TPSA) is 70.4 Å². The molecule has 146 valence electrons. The van der Waals surface area contributed by atoms with Crippen LogP contribution in [0.5, 0.6) is 0 Å². The zero-order chi connectivity index (χ0) is 20.3. The molecular weight excluding hydrogens is 377 g/mol. The molecule has 0 atom stereocenters. The first-order valence-electron chi connectivity index (χ1n) is 8.15. The van der Waals surface area contributed by atoms with Crippen LogP contribution in [0.3, 0.4) is 0 Å². The van der Waals surface area contributed by atoms with Gasteiger partial charge in [-0.1, -0.05) is 24.3 Å². The Bertz CT molecular complexity index is 1010. The first kappa shape index (κ1) is 19.4. The second-order valence-electron chi connectivity index (χ2n) is 5.86. The molecule has 0 spiro atoms. The van der Waals surface area contributed by atoms with Crippen molar-refractivity contribution in [3.63, 3.8) is 0 Å². The first-order chi connectivity index (χ1) is 13.3. The number of benzene rings is 2. The van der Waals surface area contributed by atoms with Gasteiger partial charge in [-0.05, 0) is 29.8 Å². The van der Waals surface area contributed by atoms with Crippen molar-refractivity contribution in [3.8, 4) is 0 Å². The summed E-state index contributed by atoms with van der Waals surface area (Å²) in [6.45, 7) is -0.774. The van der Waals surface area contributed by atoms with Gasteiger partial charge in [0.2, 0.25) is 5.82 Å². The Morgan fingerprint density at radius 3 is 2.39 bits per heavy atom. The summed E-state index contributed by atoms with van der Waals surface area (Å²) in [4.78, 5) is 27.1. The number of esters is 2. The molecule has 3 aromatic rings. The van der Waals surface area contributed by atoms with E-state index in [9.17, 15) is 22.8 Å². The molecule has 0 aliphatic heterocycles. The van der Waals surface area contributed by atoms with Gasteiger partial charge in [0.05, 0.1) is 23.7 Å². The standard InChI is InChI=1S/C19H15F3N2O4/c1-27-17(26)13-8-6-12(7-9-13)11-28-16(25)10-24-15-5-3-2-4-14(15)23-18(24)19(20,21)22/h2-9H,10-11H2,1H3. The van der Waals surface area contributed by atoms with E-state index in [0.29, 0.717) is 11.1 Å². The zero-order valence-corrected chi connectivity index (χ0v) is 14.7. The lowest BCUT2D eigenvalue weighted by atomic mass is 10.1. The average Bonchev–Trinajstić information content (AvgIpc) is 3.05. The summed E-state index contributed by atoms with van der Waals surface area (Å²) in [5.74, 6) is -2.51. The lowest BCUT2D eigenvalue weighted by Crippen LogP contribution is -2.20. The largest absolute Gasteiger partial charge is 0.465 e. The smallest absolute Gasteiger partial charge is 0.449 e. The van der Waals surface area contributed by atoms with Crippen LogP contribution in [0.2, 0.25) is 0 Å². The minimum atomic E-state index is -4.71. The third-order valence-corrected chi connectivity index (χ3v) is 3.97. The molecule has 1 heterocycles. The number of fused-ring (bicyclic) bond motifs is 1. The van der Waals surface area contributed by atoms with Crippen molar-refractivity contribution in [2.45, 2.75) is 19.3 Å². The maximum absolute atomic E-state index is 13.2. The maximum Gasteiger partial charge on any atom is 0.449 e. The van der Waals surface area contributed by atoms with Crippen molar-refractivity contribution in [2.75, 3.05) is 7.11 Å². The summed E-state index contributed by atoms with van der Waals surface area (Å²) in [7, 11) is 1.26. The van der Waals surface area contributed by atoms with Crippen LogP contribution in [0.15, 0.2) is 48.5 Å². The Morgan fingerprint density at radius 1 is 1.07 bits per heavy atom. The highest BCUT2D eigenvalue weighted by atomic mass is 19.4. The molecule has 3 rings (SSSR count). The summed E-state index contributed by atoms with van der Waals surface area (Å²) in [5, 5.41) is 0. The van der Waals surface area contributed by atoms with Crippen molar-refractivity contribution in [2.24, 2.45) is 0 Å². The molecule has 0 unspecified atom stereocenters. The fourth-order valence-corrected chi connectivity index (χ4v) is 2.65. The first-order valence-corrected chi connectivity index (χ1v) is 8.15. The maximum atomic E-state index is 13.2. The molecule has 28 heavy (non-hydrogen) atoms. The molecule has 0 amide bonds. The summed E-state index contributed by atoms with van der Waals surface area (Å²) in [6.07, 6.45) is -4.71. The number of hydrogen-bond donors (Lipinski definition) is 0. The van der Waals surface area contributed by atoms with Crippen LogP contribution in [0.25, 0.3) is 11.0 Å². The molecule has 0 aliphatic rings. The number of aromatic nitrogens is 2. The third kappa shape index (κ3) is 4.13. The van der Waals surface area contributed by atoms with E-state index in [-0.39, 0.29) is 17.6 Å². The number of hydrogen-bond acceptors (Lipinski definition) is 5. The Labute approximate surface area is 157 Å². The lowest BCUT2D eigenvalue weighted by molar-refractivity contribution is -0.151. The van der Waals surface area contributed by atoms with Gasteiger partial charge in [-0.3, -0.25) is 4.79 Å². The molecule has 2 aromatic carbocycles. The molecule has 0 N–H and O–H groups in total. The normalized spacial score (nSPS) is 11.4. The van der Waals surface area contributed by atoms with Crippen molar-refractivity contribution in [3.05, 3.63) is 65.5 Å². The average molecular weight is 392 g/mol. The summed E-state index contributed by atoms with van der Waals surface area (Å²) >= 11 is 0. The van der Waals surface area contributed by atoms with E-state index in [0.717, 1.165) is 4.57 Å². The number of methoxy groups -OCH3 is 1. The molecule has 0 bridgehead atoms. The molecular formula is C19H15F3N2O4. The third-order valence-electron chi connectivity index (χ3n) is 3.97. The number of ether oxygens (including phenoxy) is 2. The fourth-order valence-electron chi connectivity index (χ4n) is 2.65. The number of nitrogens with zero attached hydrogens (tertiary/aromatic N) is 2. The van der Waals surface area contributed by atoms with Crippen LogP contribution in [0, 0.1) is 0 Å².